The molecule has 0 bridgehead atoms. The summed E-state index contributed by atoms with van der Waals surface area (Å²) in [5, 5.41) is 6.52. The van der Waals surface area contributed by atoms with E-state index in [1.807, 2.05) is 61.5 Å². The molecule has 4 rings (SSSR count). The van der Waals surface area contributed by atoms with E-state index in [1.54, 1.807) is 36.4 Å². The summed E-state index contributed by atoms with van der Waals surface area (Å²) in [5.74, 6) is 2.15. The standard InChI is InChI=1S/C27H25N3O4S2/c1-2-33-23-14-10-22(11-15-23)30-36(31,32)26-18-12-21(13-19-26)29-27(35)28-20-8-16-25(17-9-20)34-24-6-4-3-5-7-24/h3-19,30H,2H2,1H3,(H2,28,29,35). The molecular formula is C27H25N3O4S2. The molecule has 0 spiro atoms. The van der Waals surface area contributed by atoms with Gasteiger partial charge >= 0.3 is 0 Å². The molecule has 36 heavy (non-hydrogen) atoms. The number of rotatable bonds is 9. The predicted molar refractivity (Wildman–Crippen MR) is 148 cm³/mol. The normalized spacial score (nSPS) is 10.8. The Morgan fingerprint density at radius 3 is 1.78 bits per heavy atom. The molecule has 0 radical (unpaired) electrons. The zero-order valence-corrected chi connectivity index (χ0v) is 21.1. The highest BCUT2D eigenvalue weighted by Crippen LogP contribution is 2.23. The quantitative estimate of drug-likeness (QED) is 0.218. The lowest BCUT2D eigenvalue weighted by Gasteiger charge is -2.13. The van der Waals surface area contributed by atoms with Crippen molar-refractivity contribution >= 4 is 44.4 Å². The van der Waals surface area contributed by atoms with Gasteiger partial charge in [0.05, 0.1) is 11.5 Å². The van der Waals surface area contributed by atoms with Crippen LogP contribution in [0.15, 0.2) is 108 Å². The highest BCUT2D eigenvalue weighted by Gasteiger charge is 2.14. The molecule has 0 saturated carbocycles. The number of hydrogen-bond acceptors (Lipinski definition) is 5. The van der Waals surface area contributed by atoms with Gasteiger partial charge in [-0.1, -0.05) is 18.2 Å². The molecule has 0 amide bonds. The van der Waals surface area contributed by atoms with Gasteiger partial charge in [0.25, 0.3) is 10.0 Å². The van der Waals surface area contributed by atoms with Gasteiger partial charge in [0.1, 0.15) is 17.2 Å². The fourth-order valence-corrected chi connectivity index (χ4v) is 4.54. The first-order chi connectivity index (χ1) is 17.4. The minimum atomic E-state index is -3.74. The maximum atomic E-state index is 12.7. The minimum absolute atomic E-state index is 0.134. The van der Waals surface area contributed by atoms with E-state index in [0.29, 0.717) is 34.6 Å². The molecule has 0 aliphatic rings. The van der Waals surface area contributed by atoms with E-state index < -0.39 is 10.0 Å². The molecule has 4 aromatic rings. The van der Waals surface area contributed by atoms with E-state index in [4.69, 9.17) is 21.7 Å². The number of thiocarbonyl (C=S) groups is 1. The number of anilines is 3. The Bertz CT molecular complexity index is 1390. The van der Waals surface area contributed by atoms with Gasteiger partial charge in [-0.15, -0.1) is 0 Å². The van der Waals surface area contributed by atoms with Crippen LogP contribution >= 0.6 is 12.2 Å². The molecule has 0 saturated heterocycles. The summed E-state index contributed by atoms with van der Waals surface area (Å²) in [7, 11) is -3.74. The molecular weight excluding hydrogens is 494 g/mol. The number of nitrogens with one attached hydrogen (secondary N) is 3. The lowest BCUT2D eigenvalue weighted by Crippen LogP contribution is -2.19. The molecule has 4 aromatic carbocycles. The van der Waals surface area contributed by atoms with Gasteiger partial charge in [-0.3, -0.25) is 4.72 Å². The van der Waals surface area contributed by atoms with Crippen molar-refractivity contribution in [3.8, 4) is 17.2 Å². The number of sulfonamides is 1. The Kier molecular flexibility index (Phi) is 8.04. The predicted octanol–water partition coefficient (Wildman–Crippen LogP) is 6.49. The van der Waals surface area contributed by atoms with Crippen LogP contribution in [0.2, 0.25) is 0 Å². The lowest BCUT2D eigenvalue weighted by atomic mass is 10.3. The molecule has 0 aromatic heterocycles. The average Bonchev–Trinajstić information content (AvgIpc) is 2.87. The first kappa shape index (κ1) is 25.0. The van der Waals surface area contributed by atoms with E-state index in [0.717, 1.165) is 11.4 Å². The van der Waals surface area contributed by atoms with E-state index in [2.05, 4.69) is 15.4 Å². The molecule has 0 aliphatic carbocycles. The number of hydrogen-bond donors (Lipinski definition) is 3. The fourth-order valence-electron chi connectivity index (χ4n) is 3.24. The number of para-hydroxylation sites is 1. The topological polar surface area (TPSA) is 88.7 Å². The summed E-state index contributed by atoms with van der Waals surface area (Å²) in [6.45, 7) is 2.43. The SMILES string of the molecule is CCOc1ccc(NS(=O)(=O)c2ccc(NC(=S)Nc3ccc(Oc4ccccc4)cc3)cc2)cc1. The average molecular weight is 520 g/mol. The zero-order chi connectivity index (χ0) is 25.4. The van der Waals surface area contributed by atoms with Crippen LogP contribution in [0.4, 0.5) is 17.1 Å². The summed E-state index contributed by atoms with van der Waals surface area (Å²) in [4.78, 5) is 0.134. The van der Waals surface area contributed by atoms with Crippen molar-refractivity contribution < 1.29 is 17.9 Å². The van der Waals surface area contributed by atoms with Crippen molar-refractivity contribution in [3.63, 3.8) is 0 Å². The van der Waals surface area contributed by atoms with Crippen LogP contribution in [-0.4, -0.2) is 20.1 Å². The largest absolute Gasteiger partial charge is 0.494 e. The van der Waals surface area contributed by atoms with Gasteiger partial charge in [-0.25, -0.2) is 8.42 Å². The Balaban J connectivity index is 1.31. The van der Waals surface area contributed by atoms with Crippen LogP contribution in [0.25, 0.3) is 0 Å². The van der Waals surface area contributed by atoms with Crippen molar-refractivity contribution in [2.24, 2.45) is 0 Å². The third kappa shape index (κ3) is 6.97. The number of benzene rings is 4. The molecule has 3 N–H and O–H groups in total. The van der Waals surface area contributed by atoms with Crippen LogP contribution in [0.1, 0.15) is 6.92 Å². The second-order valence-corrected chi connectivity index (χ2v) is 9.70. The zero-order valence-electron chi connectivity index (χ0n) is 19.5. The van der Waals surface area contributed by atoms with Gasteiger partial charge in [0.15, 0.2) is 5.11 Å². The van der Waals surface area contributed by atoms with Crippen LogP contribution in [-0.2, 0) is 10.0 Å². The summed E-state index contributed by atoms with van der Waals surface area (Å²) in [6, 6.07) is 30.0. The monoisotopic (exact) mass is 519 g/mol. The van der Waals surface area contributed by atoms with Crippen molar-refractivity contribution in [3.05, 3.63) is 103 Å². The van der Waals surface area contributed by atoms with E-state index in [1.165, 1.54) is 12.1 Å². The van der Waals surface area contributed by atoms with E-state index in [9.17, 15) is 8.42 Å². The third-order valence-electron chi connectivity index (χ3n) is 4.93. The molecule has 9 heteroatoms. The van der Waals surface area contributed by atoms with Crippen LogP contribution < -0.4 is 24.8 Å². The van der Waals surface area contributed by atoms with E-state index in [-0.39, 0.29) is 4.90 Å². The molecule has 7 nitrogen and oxygen atoms in total. The Morgan fingerprint density at radius 2 is 1.19 bits per heavy atom. The van der Waals surface area contributed by atoms with Gasteiger partial charge in [0, 0.05) is 17.1 Å². The maximum Gasteiger partial charge on any atom is 0.261 e. The second kappa shape index (κ2) is 11.6. The van der Waals surface area contributed by atoms with Crippen molar-refractivity contribution in [1.29, 1.82) is 0 Å². The Hall–Kier alpha value is -4.08. The van der Waals surface area contributed by atoms with Gasteiger partial charge < -0.3 is 20.1 Å². The van der Waals surface area contributed by atoms with Crippen LogP contribution in [0.5, 0.6) is 17.2 Å². The second-order valence-electron chi connectivity index (χ2n) is 7.61. The van der Waals surface area contributed by atoms with Crippen LogP contribution in [0.3, 0.4) is 0 Å². The fraction of sp³-hybridized carbons (Fsp3) is 0.0741. The number of ether oxygens (including phenoxy) is 2. The van der Waals surface area contributed by atoms with Crippen molar-refractivity contribution in [1.82, 2.24) is 0 Å². The highest BCUT2D eigenvalue weighted by molar-refractivity contribution is 7.92. The summed E-state index contributed by atoms with van der Waals surface area (Å²) in [5.41, 5.74) is 1.88. The molecule has 0 unspecified atom stereocenters. The smallest absolute Gasteiger partial charge is 0.261 e. The molecule has 184 valence electrons. The first-order valence-electron chi connectivity index (χ1n) is 11.2. The molecule has 0 fully saturated rings. The van der Waals surface area contributed by atoms with Gasteiger partial charge in [-0.2, -0.15) is 0 Å². The molecule has 0 heterocycles. The summed E-state index contributed by atoms with van der Waals surface area (Å²) in [6.07, 6.45) is 0. The Morgan fingerprint density at radius 1 is 0.694 bits per heavy atom. The highest BCUT2D eigenvalue weighted by atomic mass is 32.2. The van der Waals surface area contributed by atoms with Crippen molar-refractivity contribution in [2.75, 3.05) is 22.0 Å². The molecule has 0 aliphatic heterocycles. The first-order valence-corrected chi connectivity index (χ1v) is 13.1. The third-order valence-corrected chi connectivity index (χ3v) is 6.53. The van der Waals surface area contributed by atoms with Crippen molar-refractivity contribution in [2.45, 2.75) is 11.8 Å². The summed E-state index contributed by atoms with van der Waals surface area (Å²) >= 11 is 5.38. The molecule has 0 atom stereocenters. The summed E-state index contributed by atoms with van der Waals surface area (Å²) < 4.78 is 39.2. The maximum absolute atomic E-state index is 12.7. The minimum Gasteiger partial charge on any atom is -0.494 e. The van der Waals surface area contributed by atoms with Crippen LogP contribution in [0, 0.1) is 0 Å². The van der Waals surface area contributed by atoms with Gasteiger partial charge in [-0.05, 0) is 104 Å². The Labute approximate surface area is 216 Å². The van der Waals surface area contributed by atoms with Gasteiger partial charge in [0.2, 0.25) is 0 Å². The lowest BCUT2D eigenvalue weighted by molar-refractivity contribution is 0.340. The van der Waals surface area contributed by atoms with E-state index >= 15 is 0 Å².